The first kappa shape index (κ1) is 18.1. The van der Waals surface area contributed by atoms with E-state index >= 15 is 0 Å². The molecule has 7 heteroatoms. The predicted octanol–water partition coefficient (Wildman–Crippen LogP) is 3.42. The molecule has 3 aromatic rings. The minimum absolute atomic E-state index is 0.244. The zero-order valence-electron chi connectivity index (χ0n) is 14.8. The summed E-state index contributed by atoms with van der Waals surface area (Å²) < 4.78 is 13.2. The van der Waals surface area contributed by atoms with Crippen LogP contribution in [-0.4, -0.2) is 28.6 Å². The average Bonchev–Trinajstić information content (AvgIpc) is 3.27. The van der Waals surface area contributed by atoms with Crippen LogP contribution in [0.1, 0.15) is 21.9 Å². The number of aryl methyl sites for hydroxylation is 2. The zero-order valence-corrected chi connectivity index (χ0v) is 15.6. The van der Waals surface area contributed by atoms with Gasteiger partial charge in [-0.1, -0.05) is 30.0 Å². The standard InChI is InChI=1S/C19H21N3O3S/c1-14-5-3-4-6-16(14)24-12-10-20-18(23)17-8-7-15(25-17)13-26-19-21-9-11-22(19)2/h3-9,11H,10,12-13H2,1-2H3,(H,20,23). The van der Waals surface area contributed by atoms with Crippen molar-refractivity contribution in [2.45, 2.75) is 17.8 Å². The summed E-state index contributed by atoms with van der Waals surface area (Å²) in [6.45, 7) is 2.80. The van der Waals surface area contributed by atoms with E-state index in [2.05, 4.69) is 10.3 Å². The fourth-order valence-electron chi connectivity index (χ4n) is 2.34. The van der Waals surface area contributed by atoms with E-state index < -0.39 is 0 Å². The lowest BCUT2D eigenvalue weighted by molar-refractivity contribution is 0.0918. The molecule has 26 heavy (non-hydrogen) atoms. The number of thioether (sulfide) groups is 1. The molecule has 0 saturated carbocycles. The van der Waals surface area contributed by atoms with E-state index in [1.165, 1.54) is 0 Å². The maximum atomic E-state index is 12.1. The van der Waals surface area contributed by atoms with Gasteiger partial charge in [-0.15, -0.1) is 0 Å². The molecule has 0 atom stereocenters. The number of furan rings is 1. The van der Waals surface area contributed by atoms with E-state index in [0.717, 1.165) is 22.2 Å². The molecule has 0 saturated heterocycles. The molecule has 0 aliphatic rings. The van der Waals surface area contributed by atoms with Gasteiger partial charge in [0.25, 0.3) is 5.91 Å². The van der Waals surface area contributed by atoms with Crippen molar-refractivity contribution in [3.05, 3.63) is 65.9 Å². The monoisotopic (exact) mass is 371 g/mol. The van der Waals surface area contributed by atoms with Gasteiger partial charge in [0.05, 0.1) is 12.3 Å². The fraction of sp³-hybridized carbons (Fsp3) is 0.263. The molecule has 0 bridgehead atoms. The number of benzene rings is 1. The molecule has 1 aromatic carbocycles. The molecule has 1 amide bonds. The highest BCUT2D eigenvalue weighted by molar-refractivity contribution is 7.98. The van der Waals surface area contributed by atoms with Crippen molar-refractivity contribution in [1.29, 1.82) is 0 Å². The second kappa shape index (κ2) is 8.62. The lowest BCUT2D eigenvalue weighted by Gasteiger charge is -2.09. The topological polar surface area (TPSA) is 69.3 Å². The maximum absolute atomic E-state index is 12.1. The largest absolute Gasteiger partial charge is 0.491 e. The normalized spacial score (nSPS) is 10.7. The molecule has 0 unspecified atom stereocenters. The number of carbonyl (C=O) groups is 1. The molecule has 136 valence electrons. The average molecular weight is 371 g/mol. The van der Waals surface area contributed by atoms with E-state index in [-0.39, 0.29) is 5.91 Å². The van der Waals surface area contributed by atoms with Crippen molar-refractivity contribution >= 4 is 17.7 Å². The van der Waals surface area contributed by atoms with Gasteiger partial charge in [-0.2, -0.15) is 0 Å². The van der Waals surface area contributed by atoms with Crippen molar-refractivity contribution in [2.24, 2.45) is 7.05 Å². The van der Waals surface area contributed by atoms with Crippen molar-refractivity contribution < 1.29 is 13.9 Å². The number of hydrogen-bond acceptors (Lipinski definition) is 5. The SMILES string of the molecule is Cc1ccccc1OCCNC(=O)c1ccc(CSc2nccn2C)o1. The Bertz CT molecular complexity index is 872. The molecule has 0 spiro atoms. The van der Waals surface area contributed by atoms with Crippen molar-refractivity contribution in [3.63, 3.8) is 0 Å². The predicted molar refractivity (Wildman–Crippen MR) is 100 cm³/mol. The van der Waals surface area contributed by atoms with Crippen LogP contribution in [0, 0.1) is 6.92 Å². The highest BCUT2D eigenvalue weighted by Gasteiger charge is 2.11. The lowest BCUT2D eigenvalue weighted by atomic mass is 10.2. The van der Waals surface area contributed by atoms with Crippen LogP contribution in [0.2, 0.25) is 0 Å². The second-order valence-corrected chi connectivity index (χ2v) is 6.69. The Hall–Kier alpha value is -2.67. The summed E-state index contributed by atoms with van der Waals surface area (Å²) in [6.07, 6.45) is 3.64. The van der Waals surface area contributed by atoms with E-state index in [1.54, 1.807) is 24.0 Å². The summed E-state index contributed by atoms with van der Waals surface area (Å²) in [6, 6.07) is 11.3. The van der Waals surface area contributed by atoms with Crippen LogP contribution >= 0.6 is 11.8 Å². The third kappa shape index (κ3) is 4.70. The lowest BCUT2D eigenvalue weighted by Crippen LogP contribution is -2.27. The van der Waals surface area contributed by atoms with Gasteiger partial charge < -0.3 is 19.0 Å². The third-order valence-corrected chi connectivity index (χ3v) is 4.83. The number of para-hydroxylation sites is 1. The van der Waals surface area contributed by atoms with Gasteiger partial charge in [-0.3, -0.25) is 4.79 Å². The van der Waals surface area contributed by atoms with Gasteiger partial charge >= 0.3 is 0 Å². The Morgan fingerprint density at radius 3 is 2.92 bits per heavy atom. The van der Waals surface area contributed by atoms with Gasteiger partial charge in [0, 0.05) is 19.4 Å². The van der Waals surface area contributed by atoms with Crippen LogP contribution in [0.5, 0.6) is 5.75 Å². The second-order valence-electron chi connectivity index (χ2n) is 5.75. The number of nitrogens with zero attached hydrogens (tertiary/aromatic N) is 2. The smallest absolute Gasteiger partial charge is 0.287 e. The highest BCUT2D eigenvalue weighted by atomic mass is 32.2. The summed E-state index contributed by atoms with van der Waals surface area (Å²) in [4.78, 5) is 16.4. The highest BCUT2D eigenvalue weighted by Crippen LogP contribution is 2.22. The molecule has 0 radical (unpaired) electrons. The quantitative estimate of drug-likeness (QED) is 0.485. The van der Waals surface area contributed by atoms with Gasteiger partial charge in [0.1, 0.15) is 18.1 Å². The Balaban J connectivity index is 1.43. The Morgan fingerprint density at radius 2 is 2.15 bits per heavy atom. The number of ether oxygens (including phenoxy) is 1. The third-order valence-electron chi connectivity index (χ3n) is 3.74. The first-order valence-corrected chi connectivity index (χ1v) is 9.27. The van der Waals surface area contributed by atoms with Crippen LogP contribution < -0.4 is 10.1 Å². The molecule has 3 rings (SSSR count). The van der Waals surface area contributed by atoms with E-state index in [1.807, 2.05) is 55.1 Å². The molecule has 6 nitrogen and oxygen atoms in total. The van der Waals surface area contributed by atoms with Gasteiger partial charge in [-0.05, 0) is 30.7 Å². The van der Waals surface area contributed by atoms with Crippen LogP contribution in [0.25, 0.3) is 0 Å². The summed E-state index contributed by atoms with van der Waals surface area (Å²) in [5.41, 5.74) is 1.07. The number of hydrogen-bond donors (Lipinski definition) is 1. The fourth-order valence-corrected chi connectivity index (χ4v) is 3.16. The maximum Gasteiger partial charge on any atom is 0.287 e. The number of amides is 1. The van der Waals surface area contributed by atoms with E-state index in [0.29, 0.717) is 24.7 Å². The van der Waals surface area contributed by atoms with Crippen LogP contribution in [-0.2, 0) is 12.8 Å². The molecular weight excluding hydrogens is 350 g/mol. The van der Waals surface area contributed by atoms with Gasteiger partial charge in [-0.25, -0.2) is 4.98 Å². The summed E-state index contributed by atoms with van der Waals surface area (Å²) in [5.74, 6) is 2.24. The van der Waals surface area contributed by atoms with Crippen LogP contribution in [0.4, 0.5) is 0 Å². The Labute approximate surface area is 156 Å². The molecule has 2 heterocycles. The number of carbonyl (C=O) groups excluding carboxylic acids is 1. The molecular formula is C19H21N3O3S. The first-order chi connectivity index (χ1) is 12.6. The number of aromatic nitrogens is 2. The number of rotatable bonds is 8. The van der Waals surface area contributed by atoms with Crippen LogP contribution in [0.15, 0.2) is 58.4 Å². The minimum Gasteiger partial charge on any atom is -0.491 e. The van der Waals surface area contributed by atoms with Crippen LogP contribution in [0.3, 0.4) is 0 Å². The molecule has 2 aromatic heterocycles. The van der Waals surface area contributed by atoms with Gasteiger partial charge in [0.15, 0.2) is 10.9 Å². The zero-order chi connectivity index (χ0) is 18.4. The van der Waals surface area contributed by atoms with Crippen molar-refractivity contribution in [3.8, 4) is 5.75 Å². The summed E-state index contributed by atoms with van der Waals surface area (Å²) in [5, 5.41) is 3.70. The molecule has 0 aliphatic carbocycles. The van der Waals surface area contributed by atoms with Crippen molar-refractivity contribution in [1.82, 2.24) is 14.9 Å². The first-order valence-electron chi connectivity index (χ1n) is 8.29. The molecule has 0 fully saturated rings. The summed E-state index contributed by atoms with van der Waals surface area (Å²) in [7, 11) is 1.94. The number of imidazole rings is 1. The number of nitrogens with one attached hydrogen (secondary N) is 1. The van der Waals surface area contributed by atoms with Gasteiger partial charge in [0.2, 0.25) is 0 Å². The van der Waals surface area contributed by atoms with Crippen molar-refractivity contribution in [2.75, 3.05) is 13.2 Å². The summed E-state index contributed by atoms with van der Waals surface area (Å²) >= 11 is 1.56. The van der Waals surface area contributed by atoms with E-state index in [4.69, 9.17) is 9.15 Å². The molecule has 0 aliphatic heterocycles. The minimum atomic E-state index is -0.244. The Morgan fingerprint density at radius 1 is 1.31 bits per heavy atom. The Kier molecular flexibility index (Phi) is 6.01. The molecule has 1 N–H and O–H groups in total. The van der Waals surface area contributed by atoms with E-state index in [9.17, 15) is 4.79 Å².